The van der Waals surface area contributed by atoms with E-state index in [4.69, 9.17) is 0 Å². The molecule has 1 aromatic carbocycles. The Kier molecular flexibility index (Phi) is 2.15. The van der Waals surface area contributed by atoms with Gasteiger partial charge in [0.25, 0.3) is 0 Å². The predicted molar refractivity (Wildman–Crippen MR) is 49.1 cm³/mol. The van der Waals surface area contributed by atoms with Gasteiger partial charge in [0.1, 0.15) is 0 Å². The second-order valence-corrected chi connectivity index (χ2v) is 6.67. The van der Waals surface area contributed by atoms with Gasteiger partial charge in [0, 0.05) is 0 Å². The van der Waals surface area contributed by atoms with Crippen LogP contribution in [-0.2, 0) is 3.43 Å². The van der Waals surface area contributed by atoms with E-state index in [1.54, 1.807) is 12.1 Å². The number of benzene rings is 1. The van der Waals surface area contributed by atoms with Gasteiger partial charge >= 0.3 is 85.3 Å². The summed E-state index contributed by atoms with van der Waals surface area (Å²) < 4.78 is 13.1. The quantitative estimate of drug-likeness (QED) is 0.685. The number of hydrogen-bond donors (Lipinski definition) is 0. The molecule has 0 N–H and O–H groups in total. The van der Waals surface area contributed by atoms with Crippen LogP contribution >= 0.6 is 0 Å². The van der Waals surface area contributed by atoms with Gasteiger partial charge in [0.05, 0.1) is 0 Å². The van der Waals surface area contributed by atoms with Crippen LogP contribution < -0.4 is 0 Å². The van der Waals surface area contributed by atoms with Crippen molar-refractivity contribution in [3.05, 3.63) is 35.6 Å². The Hall–Kier alpha value is -0.0513. The topological polar surface area (TPSA) is 0 Å². The van der Waals surface area contributed by atoms with Crippen molar-refractivity contribution in [2.75, 3.05) is 0 Å². The van der Waals surface area contributed by atoms with Crippen LogP contribution in [-0.4, -0.2) is 22.5 Å². The Morgan fingerprint density at radius 1 is 1.17 bits per heavy atom. The summed E-state index contributed by atoms with van der Waals surface area (Å²) in [6, 6.07) is 7.04. The van der Waals surface area contributed by atoms with Crippen molar-refractivity contribution in [1.82, 2.24) is 0 Å². The fourth-order valence-corrected chi connectivity index (χ4v) is 3.34. The van der Waals surface area contributed by atoms with Crippen LogP contribution in [0.2, 0.25) is 0 Å². The van der Waals surface area contributed by atoms with Crippen LogP contribution in [0.3, 0.4) is 0 Å². The third-order valence-electron chi connectivity index (χ3n) is 2.66. The van der Waals surface area contributed by atoms with Gasteiger partial charge in [-0.1, -0.05) is 0 Å². The summed E-state index contributed by atoms with van der Waals surface area (Å²) in [7, 11) is 0. The molecular weight excluding hydrogens is 258 g/mol. The fourth-order valence-electron chi connectivity index (χ4n) is 1.63. The zero-order valence-corrected chi connectivity index (χ0v) is 10.2. The van der Waals surface area contributed by atoms with Gasteiger partial charge in [-0.05, 0) is 0 Å². The molecule has 2 radical (unpaired) electrons. The Balaban J connectivity index is 2.28. The van der Waals surface area contributed by atoms with Gasteiger partial charge in [-0.15, -0.1) is 0 Å². The first-order chi connectivity index (χ1) is 5.71. The molecule has 0 bridgehead atoms. The molecule has 0 spiro atoms. The second-order valence-electron chi connectivity index (χ2n) is 3.52. The first kappa shape index (κ1) is 8.54. The summed E-state index contributed by atoms with van der Waals surface area (Å²) in [5.74, 6) is -0.123. The van der Waals surface area contributed by atoms with E-state index in [1.807, 2.05) is 12.1 Å². The van der Waals surface area contributed by atoms with Gasteiger partial charge < -0.3 is 0 Å². The summed E-state index contributed by atoms with van der Waals surface area (Å²) in [4.78, 5) is 0. The molecule has 2 heteroatoms. The van der Waals surface area contributed by atoms with Gasteiger partial charge in [-0.3, -0.25) is 0 Å². The zero-order chi connectivity index (χ0) is 8.60. The average molecular weight is 269 g/mol. The molecule has 0 heterocycles. The van der Waals surface area contributed by atoms with Gasteiger partial charge in [0.2, 0.25) is 0 Å². The molecule has 1 aliphatic rings. The Morgan fingerprint density at radius 3 is 2.17 bits per heavy atom. The van der Waals surface area contributed by atoms with Crippen molar-refractivity contribution < 1.29 is 4.39 Å². The van der Waals surface area contributed by atoms with Crippen molar-refractivity contribution >= 4 is 22.5 Å². The van der Waals surface area contributed by atoms with Crippen LogP contribution in [0.1, 0.15) is 24.8 Å². The van der Waals surface area contributed by atoms with Crippen molar-refractivity contribution in [2.24, 2.45) is 0 Å². The third-order valence-corrected chi connectivity index (χ3v) is 5.26. The normalized spacial score (nSPS) is 20.2. The number of halogens is 1. The van der Waals surface area contributed by atoms with E-state index in [-0.39, 0.29) is 5.82 Å². The minimum absolute atomic E-state index is 0.123. The van der Waals surface area contributed by atoms with Crippen LogP contribution in [0.15, 0.2) is 24.3 Å². The van der Waals surface area contributed by atoms with E-state index in [1.165, 1.54) is 47.4 Å². The Bertz CT molecular complexity index is 274. The summed E-state index contributed by atoms with van der Waals surface area (Å²) in [6.07, 6.45) is 3.96. The third kappa shape index (κ3) is 1.39. The summed E-state index contributed by atoms with van der Waals surface area (Å²) >= 11 is 1.27. The molecule has 0 aromatic heterocycles. The summed E-state index contributed by atoms with van der Waals surface area (Å²) in [5, 5.41) is 0. The van der Waals surface area contributed by atoms with Crippen LogP contribution in [0, 0.1) is 5.82 Å². The van der Waals surface area contributed by atoms with E-state index >= 15 is 0 Å². The molecule has 0 saturated heterocycles. The molecule has 12 heavy (non-hydrogen) atoms. The van der Waals surface area contributed by atoms with E-state index in [2.05, 4.69) is 0 Å². The van der Waals surface area contributed by atoms with Crippen molar-refractivity contribution in [2.45, 2.75) is 22.7 Å². The monoisotopic (exact) mass is 270 g/mol. The molecular formula is C10H11FSn. The molecule has 0 amide bonds. The molecule has 0 unspecified atom stereocenters. The average Bonchev–Trinajstić information content (AvgIpc) is 2.02. The first-order valence-electron chi connectivity index (χ1n) is 4.26. The van der Waals surface area contributed by atoms with E-state index in [9.17, 15) is 4.39 Å². The van der Waals surface area contributed by atoms with Crippen molar-refractivity contribution in [3.63, 3.8) is 0 Å². The second kappa shape index (κ2) is 3.02. The van der Waals surface area contributed by atoms with Gasteiger partial charge in [-0.2, -0.15) is 0 Å². The molecule has 1 fully saturated rings. The minimum atomic E-state index is -0.123. The molecule has 2 rings (SSSR count). The maximum absolute atomic E-state index is 12.6. The van der Waals surface area contributed by atoms with Crippen LogP contribution in [0.25, 0.3) is 0 Å². The van der Waals surface area contributed by atoms with Crippen LogP contribution in [0.5, 0.6) is 0 Å². The van der Waals surface area contributed by atoms with E-state index < -0.39 is 0 Å². The Morgan fingerprint density at radius 2 is 1.75 bits per heavy atom. The SMILES string of the molecule is Fc1ccc([C]2([SnH])CCC2)cc1. The molecule has 62 valence electrons. The number of hydrogen-bond acceptors (Lipinski definition) is 0. The molecule has 1 aliphatic carbocycles. The fraction of sp³-hybridized carbons (Fsp3) is 0.400. The van der Waals surface area contributed by atoms with E-state index in [0.717, 1.165) is 0 Å². The van der Waals surface area contributed by atoms with E-state index in [0.29, 0.717) is 3.43 Å². The summed E-state index contributed by atoms with van der Waals surface area (Å²) in [6.45, 7) is 0. The molecule has 0 aliphatic heterocycles. The molecule has 1 saturated carbocycles. The standard InChI is InChI=1S/C10H10F.Sn.H/c11-10-6-4-9(5-7-10)8-2-1-3-8;;/h4-7H,1-3H2;;. The zero-order valence-electron chi connectivity index (χ0n) is 6.89. The predicted octanol–water partition coefficient (Wildman–Crippen LogP) is 2.11. The molecule has 0 atom stereocenters. The summed E-state index contributed by atoms with van der Waals surface area (Å²) in [5.41, 5.74) is 1.34. The molecule has 1 aromatic rings. The van der Waals surface area contributed by atoms with Gasteiger partial charge in [0.15, 0.2) is 0 Å². The molecule has 0 nitrogen and oxygen atoms in total. The number of rotatable bonds is 1. The maximum atomic E-state index is 12.6. The first-order valence-corrected chi connectivity index (χ1v) is 5.90. The van der Waals surface area contributed by atoms with Gasteiger partial charge in [-0.25, -0.2) is 0 Å². The van der Waals surface area contributed by atoms with Crippen molar-refractivity contribution in [3.8, 4) is 0 Å². The van der Waals surface area contributed by atoms with Crippen LogP contribution in [0.4, 0.5) is 4.39 Å². The Labute approximate surface area is 85.3 Å². The van der Waals surface area contributed by atoms with Crippen molar-refractivity contribution in [1.29, 1.82) is 0 Å².